The minimum atomic E-state index is -2.50. The fourth-order valence-electron chi connectivity index (χ4n) is 1.70. The van der Waals surface area contributed by atoms with Gasteiger partial charge in [-0.2, -0.15) is 0 Å². The van der Waals surface area contributed by atoms with Gasteiger partial charge in [-0.05, 0) is 11.5 Å². The molecule has 0 spiro atoms. The molecule has 82 valence electrons. The number of aromatic nitrogens is 2. The van der Waals surface area contributed by atoms with E-state index in [1.165, 1.54) is 0 Å². The first-order chi connectivity index (χ1) is 6.98. The van der Waals surface area contributed by atoms with E-state index >= 15 is 0 Å². The number of alkyl halides is 2. The van der Waals surface area contributed by atoms with Crippen LogP contribution in [0.3, 0.4) is 0 Å². The van der Waals surface area contributed by atoms with E-state index < -0.39 is 5.92 Å². The first-order valence-corrected chi connectivity index (χ1v) is 5.17. The van der Waals surface area contributed by atoms with Crippen LogP contribution in [0.1, 0.15) is 49.9 Å². The van der Waals surface area contributed by atoms with Gasteiger partial charge in [-0.25, -0.2) is 18.7 Å². The molecule has 2 nitrogen and oxygen atoms in total. The first-order valence-electron chi connectivity index (χ1n) is 5.17. The van der Waals surface area contributed by atoms with E-state index in [4.69, 9.17) is 0 Å². The topological polar surface area (TPSA) is 25.8 Å². The Bertz CT molecular complexity index is 338. The maximum atomic E-state index is 12.6. The number of hydrogen-bond acceptors (Lipinski definition) is 2. The number of hydrogen-bond donors (Lipinski definition) is 0. The second-order valence-corrected chi connectivity index (χ2v) is 4.49. The van der Waals surface area contributed by atoms with E-state index in [9.17, 15) is 8.78 Å². The van der Waals surface area contributed by atoms with E-state index in [-0.39, 0.29) is 18.8 Å². The van der Waals surface area contributed by atoms with E-state index in [1.807, 2.05) is 0 Å². The standard InChI is InChI=1S/C11H14F2N2/c1-7(2)9-5-14-10(15-6-9)8-3-11(12,13)4-8/h5-8H,3-4H2,1-2H3. The lowest BCUT2D eigenvalue weighted by Gasteiger charge is -2.33. The molecule has 1 aliphatic carbocycles. The summed E-state index contributed by atoms with van der Waals surface area (Å²) in [5.41, 5.74) is 1.05. The van der Waals surface area contributed by atoms with Crippen molar-refractivity contribution >= 4 is 0 Å². The lowest BCUT2D eigenvalue weighted by atomic mass is 9.81. The highest BCUT2D eigenvalue weighted by molar-refractivity contribution is 5.13. The minimum Gasteiger partial charge on any atom is -0.241 e. The van der Waals surface area contributed by atoms with Gasteiger partial charge < -0.3 is 0 Å². The van der Waals surface area contributed by atoms with Gasteiger partial charge in [-0.1, -0.05) is 13.8 Å². The molecule has 0 bridgehead atoms. The average molecular weight is 212 g/mol. The number of rotatable bonds is 2. The van der Waals surface area contributed by atoms with Gasteiger partial charge in [-0.15, -0.1) is 0 Å². The second-order valence-electron chi connectivity index (χ2n) is 4.49. The first kappa shape index (κ1) is 10.5. The van der Waals surface area contributed by atoms with Gasteiger partial charge in [0, 0.05) is 31.2 Å². The Hall–Kier alpha value is -1.06. The Balaban J connectivity index is 2.06. The normalized spacial score (nSPS) is 20.3. The van der Waals surface area contributed by atoms with Crippen molar-refractivity contribution < 1.29 is 8.78 Å². The summed E-state index contributed by atoms with van der Waals surface area (Å²) in [4.78, 5) is 8.29. The monoisotopic (exact) mass is 212 g/mol. The second kappa shape index (κ2) is 3.51. The number of nitrogens with zero attached hydrogens (tertiary/aromatic N) is 2. The summed E-state index contributed by atoms with van der Waals surface area (Å²) in [5, 5.41) is 0. The van der Waals surface area contributed by atoms with Gasteiger partial charge in [0.2, 0.25) is 5.92 Å². The third-order valence-electron chi connectivity index (χ3n) is 2.81. The molecule has 0 aromatic carbocycles. The summed E-state index contributed by atoms with van der Waals surface area (Å²) in [7, 11) is 0. The molecule has 1 aromatic heterocycles. The molecule has 0 unspecified atom stereocenters. The maximum Gasteiger partial charge on any atom is 0.249 e. The van der Waals surface area contributed by atoms with Crippen molar-refractivity contribution in [2.24, 2.45) is 0 Å². The molecule has 0 saturated heterocycles. The maximum absolute atomic E-state index is 12.6. The molecule has 1 fully saturated rings. The zero-order chi connectivity index (χ0) is 11.1. The van der Waals surface area contributed by atoms with Crippen LogP contribution in [-0.2, 0) is 0 Å². The van der Waals surface area contributed by atoms with Gasteiger partial charge in [0.15, 0.2) is 0 Å². The quantitative estimate of drug-likeness (QED) is 0.752. The lowest BCUT2D eigenvalue weighted by molar-refractivity contribution is -0.0885. The third kappa shape index (κ3) is 2.13. The fourth-order valence-corrected chi connectivity index (χ4v) is 1.70. The minimum absolute atomic E-state index is 0.103. The average Bonchev–Trinajstić information content (AvgIpc) is 2.14. The summed E-state index contributed by atoms with van der Waals surface area (Å²) in [6.45, 7) is 4.10. The van der Waals surface area contributed by atoms with Crippen LogP contribution >= 0.6 is 0 Å². The van der Waals surface area contributed by atoms with Crippen molar-refractivity contribution in [3.8, 4) is 0 Å². The van der Waals surface area contributed by atoms with Crippen molar-refractivity contribution in [1.82, 2.24) is 9.97 Å². The van der Waals surface area contributed by atoms with Crippen LogP contribution < -0.4 is 0 Å². The smallest absolute Gasteiger partial charge is 0.241 e. The predicted molar refractivity (Wildman–Crippen MR) is 53.0 cm³/mol. The molecule has 15 heavy (non-hydrogen) atoms. The molecule has 0 N–H and O–H groups in total. The molecule has 1 aromatic rings. The van der Waals surface area contributed by atoms with Crippen LogP contribution in [0.2, 0.25) is 0 Å². The van der Waals surface area contributed by atoms with Crippen molar-refractivity contribution in [3.05, 3.63) is 23.8 Å². The summed E-state index contributed by atoms with van der Waals surface area (Å²) in [6.07, 6.45) is 3.27. The Morgan fingerprint density at radius 1 is 1.27 bits per heavy atom. The van der Waals surface area contributed by atoms with Crippen molar-refractivity contribution in [2.75, 3.05) is 0 Å². The summed E-state index contributed by atoms with van der Waals surface area (Å²) < 4.78 is 25.3. The van der Waals surface area contributed by atoms with Gasteiger partial charge in [-0.3, -0.25) is 0 Å². The molecule has 4 heteroatoms. The van der Waals surface area contributed by atoms with Gasteiger partial charge in [0.05, 0.1) is 0 Å². The Morgan fingerprint density at radius 3 is 2.20 bits per heavy atom. The molecule has 1 aliphatic rings. The highest BCUT2D eigenvalue weighted by Gasteiger charge is 2.47. The molecule has 0 aliphatic heterocycles. The van der Waals surface area contributed by atoms with Gasteiger partial charge in [0.1, 0.15) is 5.82 Å². The lowest BCUT2D eigenvalue weighted by Crippen LogP contribution is -2.34. The highest BCUT2D eigenvalue weighted by atomic mass is 19.3. The van der Waals surface area contributed by atoms with Crippen LogP contribution in [0.25, 0.3) is 0 Å². The van der Waals surface area contributed by atoms with Gasteiger partial charge >= 0.3 is 0 Å². The van der Waals surface area contributed by atoms with Crippen molar-refractivity contribution in [2.45, 2.75) is 44.4 Å². The van der Waals surface area contributed by atoms with Gasteiger partial charge in [0.25, 0.3) is 0 Å². The zero-order valence-corrected chi connectivity index (χ0v) is 8.87. The Morgan fingerprint density at radius 2 is 1.80 bits per heavy atom. The third-order valence-corrected chi connectivity index (χ3v) is 2.81. The fraction of sp³-hybridized carbons (Fsp3) is 0.636. The summed E-state index contributed by atoms with van der Waals surface area (Å²) in [6, 6.07) is 0. The van der Waals surface area contributed by atoms with Crippen LogP contribution in [-0.4, -0.2) is 15.9 Å². The largest absolute Gasteiger partial charge is 0.249 e. The van der Waals surface area contributed by atoms with Crippen LogP contribution in [0.15, 0.2) is 12.4 Å². The Labute approximate surface area is 87.8 Å². The molecule has 2 rings (SSSR count). The Kier molecular flexibility index (Phi) is 2.44. The van der Waals surface area contributed by atoms with Crippen molar-refractivity contribution in [3.63, 3.8) is 0 Å². The SMILES string of the molecule is CC(C)c1cnc(C2CC(F)(F)C2)nc1. The van der Waals surface area contributed by atoms with Crippen LogP contribution in [0, 0.1) is 0 Å². The van der Waals surface area contributed by atoms with Crippen LogP contribution in [0.5, 0.6) is 0 Å². The molecule has 0 atom stereocenters. The van der Waals surface area contributed by atoms with E-state index in [0.29, 0.717) is 11.7 Å². The molecule has 1 saturated carbocycles. The predicted octanol–water partition coefficient (Wildman–Crippen LogP) is 3.11. The summed E-state index contributed by atoms with van der Waals surface area (Å²) >= 11 is 0. The highest BCUT2D eigenvalue weighted by Crippen LogP contribution is 2.47. The van der Waals surface area contributed by atoms with E-state index in [2.05, 4.69) is 23.8 Å². The number of halogens is 2. The molecule has 0 radical (unpaired) electrons. The molecular formula is C11H14F2N2. The van der Waals surface area contributed by atoms with E-state index in [1.54, 1.807) is 12.4 Å². The summed E-state index contributed by atoms with van der Waals surface area (Å²) in [5.74, 6) is -1.71. The van der Waals surface area contributed by atoms with Crippen LogP contribution in [0.4, 0.5) is 8.78 Å². The van der Waals surface area contributed by atoms with E-state index in [0.717, 1.165) is 5.56 Å². The zero-order valence-electron chi connectivity index (χ0n) is 8.87. The molecular weight excluding hydrogens is 198 g/mol. The molecule has 0 amide bonds. The molecule has 1 heterocycles. The van der Waals surface area contributed by atoms with Crippen molar-refractivity contribution in [1.29, 1.82) is 0 Å².